The van der Waals surface area contributed by atoms with Crippen LogP contribution in [0.15, 0.2) is 11.5 Å². The van der Waals surface area contributed by atoms with E-state index in [2.05, 4.69) is 4.74 Å². The maximum Gasteiger partial charge on any atom is 0.377 e. The molecule has 0 bridgehead atoms. The lowest BCUT2D eigenvalue weighted by Crippen LogP contribution is -2.31. The van der Waals surface area contributed by atoms with Gasteiger partial charge in [0, 0.05) is 0 Å². The van der Waals surface area contributed by atoms with Gasteiger partial charge in [0.2, 0.25) is 5.76 Å². The predicted octanol–water partition coefficient (Wildman–Crippen LogP) is -2.30. The Balaban J connectivity index is 0.000000583. The number of esters is 1. The topological polar surface area (TPSA) is 127 Å². The fraction of sp³-hybridized carbons (Fsp3) is 0.571. The Morgan fingerprint density at radius 2 is 2.00 bits per heavy atom. The maximum absolute atomic E-state index is 10.5. The van der Waals surface area contributed by atoms with Crippen LogP contribution in [-0.2, 0) is 9.53 Å². The lowest BCUT2D eigenvalue weighted by Gasteiger charge is -2.13. The molecule has 0 aliphatic carbocycles. The van der Waals surface area contributed by atoms with Crippen molar-refractivity contribution < 1.29 is 34.8 Å². The van der Waals surface area contributed by atoms with Crippen LogP contribution in [0.5, 0.6) is 0 Å². The number of aliphatic hydroxyl groups is 4. The minimum Gasteiger partial charge on any atom is -0.505 e. The molecule has 0 saturated carbocycles. The number of carbonyl (C=O) groups is 1. The second-order valence-corrected chi connectivity index (χ2v) is 3.26. The van der Waals surface area contributed by atoms with Gasteiger partial charge >= 0.3 is 5.97 Å². The predicted molar refractivity (Wildman–Crippen MR) is 51.9 cm³/mol. The van der Waals surface area contributed by atoms with E-state index in [1.54, 1.807) is 0 Å². The van der Waals surface area contributed by atoms with E-state index in [1.807, 2.05) is 6.55 Å². The van der Waals surface area contributed by atoms with Gasteiger partial charge in [-0.1, -0.05) is 6.55 Å². The van der Waals surface area contributed by atoms with Crippen molar-refractivity contribution in [2.24, 2.45) is 0 Å². The highest BCUT2D eigenvalue weighted by molar-refractivity contribution is 6.22. The monoisotopic (exact) mass is 238 g/mol. The molecular formula is C7H14O7Si. The molecule has 0 radical (unpaired) electrons. The van der Waals surface area contributed by atoms with Crippen molar-refractivity contribution >= 4 is 15.7 Å². The third-order valence-corrected chi connectivity index (χ3v) is 1.48. The molecule has 0 amide bonds. The minimum absolute atomic E-state index is 0.583. The highest BCUT2D eigenvalue weighted by atomic mass is 28.2. The zero-order chi connectivity index (χ0) is 12.0. The van der Waals surface area contributed by atoms with Gasteiger partial charge in [-0.25, -0.2) is 4.79 Å². The van der Waals surface area contributed by atoms with Gasteiger partial charge in [-0.2, -0.15) is 0 Å². The van der Waals surface area contributed by atoms with Crippen molar-refractivity contribution in [2.75, 3.05) is 6.61 Å². The lowest BCUT2D eigenvalue weighted by atomic mass is 10.2. The summed E-state index contributed by atoms with van der Waals surface area (Å²) in [5.41, 5.74) is 0. The summed E-state index contributed by atoms with van der Waals surface area (Å²) in [6.45, 7) is 1.15. The Morgan fingerprint density at radius 3 is 2.27 bits per heavy atom. The molecule has 0 unspecified atom stereocenters. The SMILES string of the molecule is C[SiH2]O.O=C1O[C@H]([C@@H](O)CO)C(O)=C1O. The second-order valence-electron chi connectivity index (χ2n) is 2.63. The third kappa shape index (κ3) is 3.51. The lowest BCUT2D eigenvalue weighted by molar-refractivity contribution is -0.147. The van der Waals surface area contributed by atoms with Crippen molar-refractivity contribution in [3.8, 4) is 0 Å². The van der Waals surface area contributed by atoms with Gasteiger partial charge in [0.15, 0.2) is 21.6 Å². The van der Waals surface area contributed by atoms with Gasteiger partial charge in [0.25, 0.3) is 0 Å². The first-order chi connectivity index (χ1) is 6.99. The van der Waals surface area contributed by atoms with Gasteiger partial charge < -0.3 is 30.0 Å². The van der Waals surface area contributed by atoms with E-state index in [4.69, 9.17) is 25.2 Å². The number of hydrogen-bond acceptors (Lipinski definition) is 7. The van der Waals surface area contributed by atoms with Crippen LogP contribution in [0.2, 0.25) is 6.55 Å². The Kier molecular flexibility index (Phi) is 5.94. The quantitative estimate of drug-likeness (QED) is 0.270. The standard InChI is InChI=1S/C6H8O6.CH6OSi/c7-1-2(8)5-3(9)4(10)6(11)12-5;1-3-2/h2,5,7-10H,1H2;2H,3H2,1H3/t2-,5+;/m0./s1. The van der Waals surface area contributed by atoms with E-state index < -0.39 is 46.1 Å². The first kappa shape index (κ1) is 13.9. The Bertz CT molecular complexity index is 252. The van der Waals surface area contributed by atoms with E-state index in [1.165, 1.54) is 0 Å². The highest BCUT2D eigenvalue weighted by Gasteiger charge is 2.38. The average molecular weight is 238 g/mol. The molecule has 0 aromatic rings. The van der Waals surface area contributed by atoms with Crippen LogP contribution in [0.25, 0.3) is 0 Å². The van der Waals surface area contributed by atoms with Crippen molar-refractivity contribution in [3.05, 3.63) is 11.5 Å². The molecule has 2 atom stereocenters. The van der Waals surface area contributed by atoms with E-state index in [0.717, 1.165) is 0 Å². The molecule has 15 heavy (non-hydrogen) atoms. The molecule has 7 nitrogen and oxygen atoms in total. The number of rotatable bonds is 2. The molecule has 0 spiro atoms. The number of ether oxygens (including phenoxy) is 1. The smallest absolute Gasteiger partial charge is 0.377 e. The van der Waals surface area contributed by atoms with Crippen LogP contribution >= 0.6 is 0 Å². The van der Waals surface area contributed by atoms with Crippen molar-refractivity contribution in [2.45, 2.75) is 18.8 Å². The second kappa shape index (κ2) is 6.40. The van der Waals surface area contributed by atoms with Gasteiger partial charge in [0.1, 0.15) is 6.10 Å². The first-order valence-corrected chi connectivity index (χ1v) is 6.27. The molecule has 0 aromatic carbocycles. The average Bonchev–Trinajstić information content (AvgIpc) is 2.46. The zero-order valence-corrected chi connectivity index (χ0v) is 9.54. The number of cyclic esters (lactones) is 1. The number of hydrogen-bond donors (Lipinski definition) is 5. The Morgan fingerprint density at radius 1 is 1.53 bits per heavy atom. The van der Waals surface area contributed by atoms with Crippen LogP contribution in [-0.4, -0.2) is 59.8 Å². The molecule has 1 heterocycles. The molecule has 0 aromatic heterocycles. The van der Waals surface area contributed by atoms with E-state index in [9.17, 15) is 4.79 Å². The largest absolute Gasteiger partial charge is 0.505 e. The molecule has 8 heteroatoms. The van der Waals surface area contributed by atoms with Crippen LogP contribution in [0.1, 0.15) is 0 Å². The molecule has 88 valence electrons. The van der Waals surface area contributed by atoms with Gasteiger partial charge in [-0.3, -0.25) is 0 Å². The molecule has 0 saturated heterocycles. The molecule has 5 N–H and O–H groups in total. The van der Waals surface area contributed by atoms with Crippen LogP contribution in [0.3, 0.4) is 0 Å². The van der Waals surface area contributed by atoms with Gasteiger partial charge in [-0.15, -0.1) is 0 Å². The van der Waals surface area contributed by atoms with E-state index in [0.29, 0.717) is 0 Å². The van der Waals surface area contributed by atoms with Crippen LogP contribution in [0.4, 0.5) is 0 Å². The fourth-order valence-corrected chi connectivity index (χ4v) is 0.823. The molecule has 1 rings (SSSR count). The van der Waals surface area contributed by atoms with Gasteiger partial charge in [-0.05, 0) is 0 Å². The Labute approximate surface area is 88.2 Å². The summed E-state index contributed by atoms with van der Waals surface area (Å²) in [5, 5.41) is 35.0. The maximum atomic E-state index is 10.5. The normalized spacial score (nSPS) is 22.7. The molecule has 1 aliphatic rings. The summed E-state index contributed by atoms with van der Waals surface area (Å²) in [6, 6.07) is 0. The minimum atomic E-state index is -1.42. The summed E-state index contributed by atoms with van der Waals surface area (Å²) in [4.78, 5) is 18.2. The molecular weight excluding hydrogens is 224 g/mol. The summed E-state index contributed by atoms with van der Waals surface area (Å²) < 4.78 is 4.32. The fourth-order valence-electron chi connectivity index (χ4n) is 0.823. The summed E-state index contributed by atoms with van der Waals surface area (Å²) >= 11 is 0. The summed E-state index contributed by atoms with van der Waals surface area (Å²) in [6.07, 6.45) is -2.78. The Hall–Kier alpha value is -1.09. The highest BCUT2D eigenvalue weighted by Crippen LogP contribution is 2.20. The third-order valence-electron chi connectivity index (χ3n) is 1.48. The van der Waals surface area contributed by atoms with Crippen molar-refractivity contribution in [3.63, 3.8) is 0 Å². The van der Waals surface area contributed by atoms with Crippen LogP contribution in [0, 0.1) is 0 Å². The van der Waals surface area contributed by atoms with E-state index in [-0.39, 0.29) is 0 Å². The molecule has 1 aliphatic heterocycles. The number of aliphatic hydroxyl groups excluding tert-OH is 4. The molecule has 0 fully saturated rings. The summed E-state index contributed by atoms with van der Waals surface area (Å²) in [7, 11) is -0.583. The number of carbonyl (C=O) groups excluding carboxylic acids is 1. The van der Waals surface area contributed by atoms with Gasteiger partial charge in [0.05, 0.1) is 6.61 Å². The summed E-state index contributed by atoms with van der Waals surface area (Å²) in [5.74, 6) is -2.78. The van der Waals surface area contributed by atoms with Crippen molar-refractivity contribution in [1.82, 2.24) is 0 Å². The van der Waals surface area contributed by atoms with Crippen molar-refractivity contribution in [1.29, 1.82) is 0 Å². The first-order valence-electron chi connectivity index (χ1n) is 4.22. The van der Waals surface area contributed by atoms with E-state index >= 15 is 0 Å². The van der Waals surface area contributed by atoms with Crippen LogP contribution < -0.4 is 0 Å². The zero-order valence-electron chi connectivity index (χ0n) is 8.12.